The molecule has 96 valence electrons. The fraction of sp³-hybridized carbons (Fsp3) is 0.200. The molecule has 0 aliphatic heterocycles. The number of aryl methyl sites for hydroxylation is 2. The Morgan fingerprint density at radius 3 is 2.63 bits per heavy atom. The van der Waals surface area contributed by atoms with Gasteiger partial charge in [-0.15, -0.1) is 5.10 Å². The van der Waals surface area contributed by atoms with Gasteiger partial charge in [0.2, 0.25) is 5.95 Å². The number of rotatable bonds is 3. The number of anilines is 1. The molecule has 0 fully saturated rings. The molecule has 0 spiro atoms. The second kappa shape index (κ2) is 4.72. The first-order valence-electron chi connectivity index (χ1n) is 6.34. The van der Waals surface area contributed by atoms with Gasteiger partial charge in [0.1, 0.15) is 0 Å². The lowest BCUT2D eigenvalue weighted by Gasteiger charge is -2.05. The molecule has 4 nitrogen and oxygen atoms in total. The molecule has 3 aromatic rings. The molecule has 3 rings (SSSR count). The van der Waals surface area contributed by atoms with Crippen LogP contribution >= 0.6 is 0 Å². The zero-order valence-electron chi connectivity index (χ0n) is 11.1. The van der Waals surface area contributed by atoms with Crippen molar-refractivity contribution in [2.75, 3.05) is 5.32 Å². The quantitative estimate of drug-likeness (QED) is 0.779. The Balaban J connectivity index is 1.83. The molecule has 1 aromatic carbocycles. The normalized spacial score (nSPS) is 10.8. The van der Waals surface area contributed by atoms with Crippen LogP contribution in [0, 0.1) is 13.8 Å². The van der Waals surface area contributed by atoms with Crippen LogP contribution in [0.3, 0.4) is 0 Å². The fourth-order valence-electron chi connectivity index (χ4n) is 2.10. The highest BCUT2D eigenvalue weighted by molar-refractivity contribution is 5.50. The Kier molecular flexibility index (Phi) is 2.91. The van der Waals surface area contributed by atoms with Gasteiger partial charge in [-0.2, -0.15) is 4.98 Å². The molecule has 4 heteroatoms. The number of fused-ring (bicyclic) bond motifs is 1. The summed E-state index contributed by atoms with van der Waals surface area (Å²) >= 11 is 0. The minimum atomic E-state index is 0.664. The van der Waals surface area contributed by atoms with Crippen LogP contribution in [0.15, 0.2) is 42.6 Å². The largest absolute Gasteiger partial charge is 0.349 e. The van der Waals surface area contributed by atoms with Crippen molar-refractivity contribution in [1.82, 2.24) is 14.6 Å². The molecule has 0 saturated heterocycles. The molecule has 0 bridgehead atoms. The van der Waals surface area contributed by atoms with Crippen molar-refractivity contribution in [2.24, 2.45) is 0 Å². The van der Waals surface area contributed by atoms with Crippen LogP contribution < -0.4 is 5.32 Å². The van der Waals surface area contributed by atoms with Crippen molar-refractivity contribution in [1.29, 1.82) is 0 Å². The van der Waals surface area contributed by atoms with Crippen molar-refractivity contribution in [3.63, 3.8) is 0 Å². The van der Waals surface area contributed by atoms with E-state index in [1.807, 2.05) is 37.4 Å². The standard InChI is InChI=1S/C15H16N4/c1-11-6-3-4-8-13(11)10-16-15-17-14-12(2)7-5-9-19(14)18-15/h3-9H,10H2,1-2H3,(H,16,18). The maximum Gasteiger partial charge on any atom is 0.243 e. The first-order chi connectivity index (χ1) is 9.24. The summed E-state index contributed by atoms with van der Waals surface area (Å²) in [6.07, 6.45) is 1.91. The maximum atomic E-state index is 4.50. The van der Waals surface area contributed by atoms with Crippen LogP contribution in [0.1, 0.15) is 16.7 Å². The molecule has 0 aliphatic carbocycles. The van der Waals surface area contributed by atoms with Crippen molar-refractivity contribution in [3.8, 4) is 0 Å². The van der Waals surface area contributed by atoms with Gasteiger partial charge < -0.3 is 5.32 Å². The highest BCUT2D eigenvalue weighted by Gasteiger charge is 2.05. The van der Waals surface area contributed by atoms with E-state index in [-0.39, 0.29) is 0 Å². The molecule has 0 unspecified atom stereocenters. The lowest BCUT2D eigenvalue weighted by atomic mass is 10.1. The van der Waals surface area contributed by atoms with Crippen LogP contribution in [0.4, 0.5) is 5.95 Å². The lowest BCUT2D eigenvalue weighted by molar-refractivity contribution is 0.945. The second-order valence-corrected chi connectivity index (χ2v) is 4.67. The number of hydrogen-bond acceptors (Lipinski definition) is 3. The molecule has 0 saturated carbocycles. The van der Waals surface area contributed by atoms with Gasteiger partial charge in [0.05, 0.1) is 0 Å². The molecule has 0 radical (unpaired) electrons. The smallest absolute Gasteiger partial charge is 0.243 e. The molecular weight excluding hydrogens is 236 g/mol. The topological polar surface area (TPSA) is 42.2 Å². The molecule has 0 atom stereocenters. The zero-order chi connectivity index (χ0) is 13.2. The summed E-state index contributed by atoms with van der Waals surface area (Å²) in [5, 5.41) is 7.69. The monoisotopic (exact) mass is 252 g/mol. The van der Waals surface area contributed by atoms with E-state index in [4.69, 9.17) is 0 Å². The maximum absolute atomic E-state index is 4.50. The molecule has 2 heterocycles. The van der Waals surface area contributed by atoms with E-state index in [2.05, 4.69) is 34.5 Å². The van der Waals surface area contributed by atoms with Crippen molar-refractivity contribution < 1.29 is 0 Å². The van der Waals surface area contributed by atoms with Crippen LogP contribution in [0.2, 0.25) is 0 Å². The Labute approximate surface area is 112 Å². The van der Waals surface area contributed by atoms with Gasteiger partial charge in [-0.05, 0) is 36.6 Å². The average molecular weight is 252 g/mol. The Bertz CT molecular complexity index is 715. The molecule has 1 N–H and O–H groups in total. The van der Waals surface area contributed by atoms with E-state index in [9.17, 15) is 0 Å². The Hall–Kier alpha value is -2.36. The summed E-state index contributed by atoms with van der Waals surface area (Å²) in [7, 11) is 0. The summed E-state index contributed by atoms with van der Waals surface area (Å²) in [4.78, 5) is 4.50. The van der Waals surface area contributed by atoms with Crippen molar-refractivity contribution >= 4 is 11.6 Å². The average Bonchev–Trinajstić information content (AvgIpc) is 2.82. The van der Waals surface area contributed by atoms with Crippen molar-refractivity contribution in [2.45, 2.75) is 20.4 Å². The molecule has 2 aromatic heterocycles. The zero-order valence-corrected chi connectivity index (χ0v) is 11.1. The fourth-order valence-corrected chi connectivity index (χ4v) is 2.10. The third-order valence-electron chi connectivity index (χ3n) is 3.26. The van der Waals surface area contributed by atoms with Gasteiger partial charge in [0.25, 0.3) is 0 Å². The third-order valence-corrected chi connectivity index (χ3v) is 3.26. The number of aromatic nitrogens is 3. The van der Waals surface area contributed by atoms with Crippen LogP contribution in [-0.2, 0) is 6.54 Å². The predicted molar refractivity (Wildman–Crippen MR) is 76.2 cm³/mol. The number of nitrogens with zero attached hydrogens (tertiary/aromatic N) is 3. The highest BCUT2D eigenvalue weighted by Crippen LogP contribution is 2.12. The molecule has 0 amide bonds. The second-order valence-electron chi connectivity index (χ2n) is 4.67. The molecule has 0 aliphatic rings. The van der Waals surface area contributed by atoms with E-state index in [1.165, 1.54) is 11.1 Å². The van der Waals surface area contributed by atoms with Gasteiger partial charge in [0, 0.05) is 12.7 Å². The van der Waals surface area contributed by atoms with E-state index in [1.54, 1.807) is 4.52 Å². The minimum absolute atomic E-state index is 0.664. The third kappa shape index (κ3) is 2.29. The summed E-state index contributed by atoms with van der Waals surface area (Å²) < 4.78 is 1.80. The predicted octanol–water partition coefficient (Wildman–Crippen LogP) is 2.96. The number of nitrogens with one attached hydrogen (secondary N) is 1. The lowest BCUT2D eigenvalue weighted by Crippen LogP contribution is -2.02. The van der Waals surface area contributed by atoms with E-state index in [0.717, 1.165) is 17.8 Å². The summed E-state index contributed by atoms with van der Waals surface area (Å²) in [6.45, 7) is 4.88. The van der Waals surface area contributed by atoms with Crippen LogP contribution in [0.25, 0.3) is 5.65 Å². The first kappa shape index (κ1) is 11.7. The Morgan fingerprint density at radius 2 is 1.84 bits per heavy atom. The number of benzene rings is 1. The van der Waals surface area contributed by atoms with E-state index >= 15 is 0 Å². The van der Waals surface area contributed by atoms with Gasteiger partial charge in [-0.3, -0.25) is 0 Å². The Morgan fingerprint density at radius 1 is 1.05 bits per heavy atom. The van der Waals surface area contributed by atoms with Crippen LogP contribution in [0.5, 0.6) is 0 Å². The first-order valence-corrected chi connectivity index (χ1v) is 6.34. The van der Waals surface area contributed by atoms with Gasteiger partial charge in [-0.25, -0.2) is 4.52 Å². The van der Waals surface area contributed by atoms with Gasteiger partial charge in [-0.1, -0.05) is 30.3 Å². The highest BCUT2D eigenvalue weighted by atomic mass is 15.3. The summed E-state index contributed by atoms with van der Waals surface area (Å²) in [6, 6.07) is 12.3. The molecule has 19 heavy (non-hydrogen) atoms. The van der Waals surface area contributed by atoms with Gasteiger partial charge >= 0.3 is 0 Å². The number of pyridine rings is 1. The summed E-state index contributed by atoms with van der Waals surface area (Å²) in [5.74, 6) is 0.664. The van der Waals surface area contributed by atoms with E-state index in [0.29, 0.717) is 5.95 Å². The SMILES string of the molecule is Cc1ccccc1CNc1nc2c(C)cccn2n1. The summed E-state index contributed by atoms with van der Waals surface area (Å²) in [5.41, 5.74) is 4.56. The minimum Gasteiger partial charge on any atom is -0.349 e. The number of hydrogen-bond donors (Lipinski definition) is 1. The van der Waals surface area contributed by atoms with Gasteiger partial charge in [0.15, 0.2) is 5.65 Å². The molecular formula is C15H16N4. The van der Waals surface area contributed by atoms with E-state index < -0.39 is 0 Å². The van der Waals surface area contributed by atoms with Crippen LogP contribution in [-0.4, -0.2) is 14.6 Å². The van der Waals surface area contributed by atoms with Crippen molar-refractivity contribution in [3.05, 3.63) is 59.3 Å².